The first-order valence-electron chi connectivity index (χ1n) is 1.94. The highest BCUT2D eigenvalue weighted by Gasteiger charge is 2.06. The zero-order valence-corrected chi connectivity index (χ0v) is 4.24. The smallest absolute Gasteiger partial charge is 0.293 e. The van der Waals surface area contributed by atoms with Crippen molar-refractivity contribution in [2.75, 3.05) is 13.5 Å². The lowest BCUT2D eigenvalue weighted by Gasteiger charge is -1.84. The van der Waals surface area contributed by atoms with Crippen LogP contribution in [-0.4, -0.2) is 18.5 Å². The van der Waals surface area contributed by atoms with Gasteiger partial charge in [0.25, 0.3) is 0 Å². The highest BCUT2D eigenvalue weighted by atomic mass is 17.0. The summed E-state index contributed by atoms with van der Waals surface area (Å²) in [5.74, 6) is 0. The van der Waals surface area contributed by atoms with E-state index < -0.39 is 0 Å². The largest absolute Gasteiger partial charge is 0.480 e. The van der Waals surface area contributed by atoms with Crippen molar-refractivity contribution >= 4 is 0 Å². The fraction of sp³-hybridized carbons (Fsp3) is 1.00. The second-order valence-corrected chi connectivity index (χ2v) is 0.815. The predicted molar refractivity (Wildman–Crippen MR) is 23.9 cm³/mol. The van der Waals surface area contributed by atoms with E-state index in [1.54, 1.807) is 0 Å². The molecule has 0 amide bonds. The van der Waals surface area contributed by atoms with Crippen molar-refractivity contribution in [2.45, 2.75) is 0 Å². The van der Waals surface area contributed by atoms with Gasteiger partial charge in [-0.05, 0) is 0 Å². The molecule has 0 radical (unpaired) electrons. The minimum Gasteiger partial charge on any atom is -0.293 e. The van der Waals surface area contributed by atoms with Gasteiger partial charge in [-0.1, -0.05) is 0 Å². The van der Waals surface area contributed by atoms with Crippen LogP contribution in [0.1, 0.15) is 0 Å². The van der Waals surface area contributed by atoms with Gasteiger partial charge in [0.15, 0.2) is 0 Å². The molecule has 0 aliphatic rings. The van der Waals surface area contributed by atoms with Gasteiger partial charge in [-0.25, -0.2) is 0 Å². The number of hydrogen-bond acceptors (Lipinski definition) is 5. The van der Waals surface area contributed by atoms with E-state index in [1.165, 1.54) is 0 Å². The first-order valence-corrected chi connectivity index (χ1v) is 1.94. The molecule has 0 unspecified atom stereocenters. The molecule has 0 aliphatic heterocycles. The standard InChI is InChI=1S/C2H8N3O3/c3-1-7-5(6)8-2-4/h1-4H2/q+1. The molecule has 4 N–H and O–H groups in total. The first-order chi connectivity index (χ1) is 3.81. The van der Waals surface area contributed by atoms with Gasteiger partial charge in [-0.2, -0.15) is 9.68 Å². The fourth-order valence-corrected chi connectivity index (χ4v) is 0.159. The second kappa shape index (κ2) is 4.28. The molecule has 0 aromatic carbocycles. The van der Waals surface area contributed by atoms with Crippen molar-refractivity contribution in [1.29, 1.82) is 0 Å². The third-order valence-electron chi connectivity index (χ3n) is 0.360. The summed E-state index contributed by atoms with van der Waals surface area (Å²) in [6, 6.07) is 0. The summed E-state index contributed by atoms with van der Waals surface area (Å²) >= 11 is 0. The second-order valence-electron chi connectivity index (χ2n) is 0.815. The summed E-state index contributed by atoms with van der Waals surface area (Å²) < 4.78 is 0. The minimum atomic E-state index is -0.219. The Balaban J connectivity index is 3.06. The predicted octanol–water partition coefficient (Wildman–Crippen LogP) is -1.54. The molecule has 0 rings (SSSR count). The molecule has 48 valence electrons. The molecule has 6 nitrogen and oxygen atoms in total. The van der Waals surface area contributed by atoms with Crippen LogP contribution in [0.25, 0.3) is 0 Å². The van der Waals surface area contributed by atoms with Gasteiger partial charge >= 0.3 is 5.09 Å². The molecule has 8 heavy (non-hydrogen) atoms. The summed E-state index contributed by atoms with van der Waals surface area (Å²) in [5, 5.41) is -0.139. The molecular formula is C2H8N3O3+. The number of rotatable bonds is 4. The van der Waals surface area contributed by atoms with Crippen LogP contribution in [0.15, 0.2) is 0 Å². The van der Waals surface area contributed by atoms with E-state index in [1.807, 2.05) is 0 Å². The molecular weight excluding hydrogens is 114 g/mol. The Hall–Kier alpha value is -0.880. The summed E-state index contributed by atoms with van der Waals surface area (Å²) in [7, 11) is 0. The van der Waals surface area contributed by atoms with Crippen LogP contribution in [0.2, 0.25) is 0 Å². The number of hydrogen-bond donors (Lipinski definition) is 2. The first kappa shape index (κ1) is 7.12. The molecule has 0 saturated carbocycles. The van der Waals surface area contributed by atoms with Gasteiger partial charge < -0.3 is 0 Å². The summed E-state index contributed by atoms with van der Waals surface area (Å²) in [5.41, 5.74) is 9.55. The zero-order valence-electron chi connectivity index (χ0n) is 4.24. The molecule has 0 atom stereocenters. The van der Waals surface area contributed by atoms with Gasteiger partial charge in [0.05, 0.1) is 0 Å². The van der Waals surface area contributed by atoms with Crippen molar-refractivity contribution < 1.29 is 14.8 Å². The molecule has 0 aromatic heterocycles. The van der Waals surface area contributed by atoms with Gasteiger partial charge in [0.2, 0.25) is 13.5 Å². The van der Waals surface area contributed by atoms with Crippen LogP contribution < -0.4 is 11.5 Å². The van der Waals surface area contributed by atoms with E-state index in [9.17, 15) is 4.91 Å². The Morgan fingerprint density at radius 1 is 1.25 bits per heavy atom. The number of nitrogens with zero attached hydrogens (tertiary/aromatic N) is 1. The molecule has 0 bridgehead atoms. The lowest BCUT2D eigenvalue weighted by atomic mass is 11.4. The Morgan fingerprint density at radius 2 is 1.62 bits per heavy atom. The maximum Gasteiger partial charge on any atom is 0.480 e. The van der Waals surface area contributed by atoms with Crippen LogP contribution in [0.4, 0.5) is 0 Å². The van der Waals surface area contributed by atoms with E-state index in [-0.39, 0.29) is 18.5 Å². The van der Waals surface area contributed by atoms with Crippen molar-refractivity contribution in [1.82, 2.24) is 0 Å². The molecule has 0 aromatic rings. The van der Waals surface area contributed by atoms with Crippen molar-refractivity contribution in [3.05, 3.63) is 4.91 Å². The Labute approximate surface area is 45.8 Å². The summed E-state index contributed by atoms with van der Waals surface area (Å²) in [6.45, 7) is -0.438. The average molecular weight is 122 g/mol. The average Bonchev–Trinajstić information content (AvgIpc) is 1.68. The quantitative estimate of drug-likeness (QED) is 0.348. The highest BCUT2D eigenvalue weighted by molar-refractivity contribution is 3.87. The van der Waals surface area contributed by atoms with E-state index in [2.05, 4.69) is 9.68 Å². The van der Waals surface area contributed by atoms with Gasteiger partial charge in [0, 0.05) is 0 Å². The maximum absolute atomic E-state index is 9.96. The third kappa shape index (κ3) is 3.32. The molecule has 0 saturated heterocycles. The lowest BCUT2D eigenvalue weighted by molar-refractivity contribution is -0.981. The zero-order chi connectivity index (χ0) is 6.41. The fourth-order valence-electron chi connectivity index (χ4n) is 0.159. The van der Waals surface area contributed by atoms with E-state index in [0.717, 1.165) is 0 Å². The molecule has 0 fully saturated rings. The molecule has 6 heteroatoms. The minimum absolute atomic E-state index is 0.139. The monoisotopic (exact) mass is 122 g/mol. The Bertz CT molecular complexity index is 66.9. The van der Waals surface area contributed by atoms with Crippen LogP contribution >= 0.6 is 0 Å². The van der Waals surface area contributed by atoms with Crippen molar-refractivity contribution in [3.8, 4) is 0 Å². The van der Waals surface area contributed by atoms with Crippen LogP contribution in [0, 0.1) is 4.91 Å². The summed E-state index contributed by atoms with van der Waals surface area (Å²) in [6.07, 6.45) is 0. The SMILES string of the molecule is NCO[N+](=O)OCN. The number of nitrogens with two attached hydrogens (primary N) is 2. The normalized spacial score (nSPS) is 8.25. The third-order valence-corrected chi connectivity index (χ3v) is 0.360. The van der Waals surface area contributed by atoms with E-state index in [4.69, 9.17) is 11.5 Å². The van der Waals surface area contributed by atoms with Gasteiger partial charge in [-0.15, -0.1) is 0 Å². The van der Waals surface area contributed by atoms with E-state index >= 15 is 0 Å². The summed E-state index contributed by atoms with van der Waals surface area (Å²) in [4.78, 5) is 18.0. The van der Waals surface area contributed by atoms with E-state index in [0.29, 0.717) is 0 Å². The molecule has 0 heterocycles. The van der Waals surface area contributed by atoms with Crippen molar-refractivity contribution in [2.24, 2.45) is 11.5 Å². The van der Waals surface area contributed by atoms with Gasteiger partial charge in [-0.3, -0.25) is 11.5 Å². The van der Waals surface area contributed by atoms with Gasteiger partial charge in [0.1, 0.15) is 4.91 Å². The van der Waals surface area contributed by atoms with Crippen molar-refractivity contribution in [3.63, 3.8) is 0 Å². The Kier molecular flexibility index (Phi) is 3.81. The molecule has 0 spiro atoms. The topological polar surface area (TPSA) is 90.6 Å². The van der Waals surface area contributed by atoms with Crippen LogP contribution in [0.5, 0.6) is 0 Å². The Morgan fingerprint density at radius 3 is 1.88 bits per heavy atom. The highest BCUT2D eigenvalue weighted by Crippen LogP contribution is 1.72. The van der Waals surface area contributed by atoms with Crippen LogP contribution in [-0.2, 0) is 9.68 Å². The van der Waals surface area contributed by atoms with Crippen LogP contribution in [0.3, 0.4) is 0 Å². The lowest BCUT2D eigenvalue weighted by Crippen LogP contribution is -2.19. The maximum atomic E-state index is 9.96. The molecule has 0 aliphatic carbocycles.